The number of amides is 2. The molecule has 2 aromatic carbocycles. The number of hydrogen-bond donors (Lipinski definition) is 5. The van der Waals surface area contributed by atoms with Gasteiger partial charge in [-0.2, -0.15) is 10.1 Å². The molecule has 0 radical (unpaired) electrons. The number of likely N-dealkylation sites (N-methyl/N-ethyl adjacent to an activating group) is 1. The van der Waals surface area contributed by atoms with Gasteiger partial charge in [-0.15, -0.1) is 0 Å². The Hall–Kier alpha value is -4.48. The highest BCUT2D eigenvalue weighted by Gasteiger charge is 2.13. The van der Waals surface area contributed by atoms with Gasteiger partial charge < -0.3 is 26.2 Å². The monoisotopic (exact) mass is 505 g/mol. The number of hydrogen-bond acceptors (Lipinski definition) is 8. The lowest BCUT2D eigenvalue weighted by molar-refractivity contribution is -0.116. The molecule has 12 heteroatoms. The summed E-state index contributed by atoms with van der Waals surface area (Å²) in [6.45, 7) is 3.72. The van der Waals surface area contributed by atoms with Crippen molar-refractivity contribution >= 4 is 69.0 Å². The number of carbonyl (C=O) groups excluding carboxylic acids is 2. The number of aromatic amines is 1. The van der Waals surface area contributed by atoms with Gasteiger partial charge in [0.05, 0.1) is 29.6 Å². The van der Waals surface area contributed by atoms with Crippen LogP contribution in [0.2, 0.25) is 5.02 Å². The number of aromatic nitrogens is 4. The maximum Gasteiger partial charge on any atom is 0.247 e. The summed E-state index contributed by atoms with van der Waals surface area (Å²) in [5.41, 5.74) is 2.57. The molecule has 2 heterocycles. The number of halogens is 1. The van der Waals surface area contributed by atoms with Gasteiger partial charge in [0.1, 0.15) is 5.02 Å². The molecule has 0 atom stereocenters. The fraction of sp³-hybridized carbons (Fsp3) is 0.125. The third-order valence-electron chi connectivity index (χ3n) is 4.90. The summed E-state index contributed by atoms with van der Waals surface area (Å²) >= 11 is 6.32. The number of nitrogens with one attached hydrogen (secondary N) is 5. The first-order valence-corrected chi connectivity index (χ1v) is 11.2. The molecule has 0 unspecified atom stereocenters. The number of carbonyl (C=O) groups is 2. The minimum absolute atomic E-state index is 0.157. The summed E-state index contributed by atoms with van der Waals surface area (Å²) in [5.74, 6) is 0.613. The summed E-state index contributed by atoms with van der Waals surface area (Å²) in [5, 5.41) is 20.0. The maximum atomic E-state index is 12.1. The van der Waals surface area contributed by atoms with E-state index in [1.807, 2.05) is 38.4 Å². The lowest BCUT2D eigenvalue weighted by atomic mass is 10.2. The van der Waals surface area contributed by atoms with E-state index in [-0.39, 0.29) is 18.4 Å². The van der Waals surface area contributed by atoms with Gasteiger partial charge in [-0.1, -0.05) is 30.3 Å². The average Bonchev–Trinajstić information content (AvgIpc) is 3.23. The second-order valence-corrected chi connectivity index (χ2v) is 8.40. The first-order valence-electron chi connectivity index (χ1n) is 10.8. The third kappa shape index (κ3) is 5.95. The van der Waals surface area contributed by atoms with Crippen LogP contribution in [-0.4, -0.2) is 57.5 Å². The van der Waals surface area contributed by atoms with Gasteiger partial charge in [0.2, 0.25) is 17.8 Å². The highest BCUT2D eigenvalue weighted by molar-refractivity contribution is 6.33. The van der Waals surface area contributed by atoms with E-state index in [0.29, 0.717) is 39.7 Å². The van der Waals surface area contributed by atoms with E-state index in [1.165, 1.54) is 12.3 Å². The molecular formula is C24H24ClN9O2. The lowest BCUT2D eigenvalue weighted by Crippen LogP contribution is -2.27. The Bertz CT molecular complexity index is 1430. The lowest BCUT2D eigenvalue weighted by Gasteiger charge is -2.13. The van der Waals surface area contributed by atoms with Crippen molar-refractivity contribution in [1.29, 1.82) is 0 Å². The Morgan fingerprint density at radius 3 is 2.61 bits per heavy atom. The molecular weight excluding hydrogens is 482 g/mol. The molecule has 0 saturated carbocycles. The van der Waals surface area contributed by atoms with Crippen LogP contribution in [0.5, 0.6) is 0 Å². The summed E-state index contributed by atoms with van der Waals surface area (Å²) < 4.78 is 0. The molecule has 0 bridgehead atoms. The van der Waals surface area contributed by atoms with Gasteiger partial charge >= 0.3 is 0 Å². The van der Waals surface area contributed by atoms with Crippen molar-refractivity contribution in [1.82, 2.24) is 25.1 Å². The smallest absolute Gasteiger partial charge is 0.247 e. The first-order chi connectivity index (χ1) is 17.3. The second kappa shape index (κ2) is 10.8. The quantitative estimate of drug-likeness (QED) is 0.214. The summed E-state index contributed by atoms with van der Waals surface area (Å²) in [7, 11) is 3.64. The molecule has 0 saturated heterocycles. The molecule has 0 aliphatic heterocycles. The molecule has 0 aliphatic rings. The van der Waals surface area contributed by atoms with E-state index < -0.39 is 0 Å². The van der Waals surface area contributed by atoms with Gasteiger partial charge in [0.15, 0.2) is 11.6 Å². The number of H-pyrrole nitrogens is 1. The van der Waals surface area contributed by atoms with E-state index in [0.717, 1.165) is 10.9 Å². The molecule has 5 N–H and O–H groups in total. The van der Waals surface area contributed by atoms with E-state index in [1.54, 1.807) is 23.1 Å². The maximum absolute atomic E-state index is 12.1. The summed E-state index contributed by atoms with van der Waals surface area (Å²) in [6.07, 6.45) is 2.66. The van der Waals surface area contributed by atoms with Gasteiger partial charge in [0.25, 0.3) is 0 Å². The van der Waals surface area contributed by atoms with E-state index >= 15 is 0 Å². The van der Waals surface area contributed by atoms with Crippen LogP contribution < -0.4 is 21.3 Å². The fourth-order valence-corrected chi connectivity index (χ4v) is 3.45. The van der Waals surface area contributed by atoms with Crippen molar-refractivity contribution in [3.63, 3.8) is 0 Å². The van der Waals surface area contributed by atoms with Crippen molar-refractivity contribution in [2.24, 2.45) is 0 Å². The molecule has 4 rings (SSSR count). The number of fused-ring (bicyclic) bond motifs is 1. The van der Waals surface area contributed by atoms with E-state index in [9.17, 15) is 9.59 Å². The molecule has 2 aromatic heterocycles. The number of para-hydroxylation sites is 2. The van der Waals surface area contributed by atoms with Crippen LogP contribution in [0, 0.1) is 0 Å². The Labute approximate surface area is 212 Å². The van der Waals surface area contributed by atoms with Crippen LogP contribution in [0.15, 0.2) is 61.3 Å². The SMILES string of the molecule is C=CC(=O)Nc1ccccc1Nc1nc(Nc2ccc3c(NC(=O)CN(C)C)n[nH]c3c2)ncc1Cl. The topological polar surface area (TPSA) is 140 Å². The Kier molecular flexibility index (Phi) is 7.42. The van der Waals surface area contributed by atoms with Crippen LogP contribution in [0.4, 0.5) is 34.6 Å². The number of benzene rings is 2. The number of rotatable bonds is 9. The van der Waals surface area contributed by atoms with Crippen molar-refractivity contribution in [3.05, 3.63) is 66.3 Å². The second-order valence-electron chi connectivity index (χ2n) is 8.00. The molecule has 0 spiro atoms. The molecule has 36 heavy (non-hydrogen) atoms. The van der Waals surface area contributed by atoms with Crippen LogP contribution in [0.3, 0.4) is 0 Å². The van der Waals surface area contributed by atoms with E-state index in [2.05, 4.69) is 48.0 Å². The van der Waals surface area contributed by atoms with Gasteiger partial charge in [-0.25, -0.2) is 4.98 Å². The largest absolute Gasteiger partial charge is 0.337 e. The van der Waals surface area contributed by atoms with Crippen LogP contribution >= 0.6 is 11.6 Å². The van der Waals surface area contributed by atoms with Crippen LogP contribution in [0.1, 0.15) is 0 Å². The average molecular weight is 506 g/mol. The van der Waals surface area contributed by atoms with Crippen LogP contribution in [0.25, 0.3) is 10.9 Å². The number of anilines is 6. The van der Waals surface area contributed by atoms with Crippen molar-refractivity contribution in [2.75, 3.05) is 41.9 Å². The molecule has 4 aromatic rings. The zero-order chi connectivity index (χ0) is 25.7. The Balaban J connectivity index is 1.52. The predicted octanol–water partition coefficient (Wildman–Crippen LogP) is 4.12. The van der Waals surface area contributed by atoms with Crippen molar-refractivity contribution < 1.29 is 9.59 Å². The van der Waals surface area contributed by atoms with Crippen molar-refractivity contribution in [3.8, 4) is 0 Å². The Morgan fingerprint density at radius 1 is 1.08 bits per heavy atom. The normalized spacial score (nSPS) is 10.8. The van der Waals surface area contributed by atoms with Gasteiger partial charge in [0, 0.05) is 11.1 Å². The fourth-order valence-electron chi connectivity index (χ4n) is 3.31. The molecule has 0 fully saturated rings. The number of nitrogens with zero attached hydrogens (tertiary/aromatic N) is 4. The molecule has 0 aliphatic carbocycles. The minimum atomic E-state index is -0.338. The first kappa shape index (κ1) is 24.6. The van der Waals surface area contributed by atoms with Crippen LogP contribution in [-0.2, 0) is 9.59 Å². The van der Waals surface area contributed by atoms with Gasteiger partial charge in [-0.3, -0.25) is 14.7 Å². The molecule has 184 valence electrons. The third-order valence-corrected chi connectivity index (χ3v) is 5.18. The zero-order valence-electron chi connectivity index (χ0n) is 19.6. The summed E-state index contributed by atoms with van der Waals surface area (Å²) in [6, 6.07) is 12.6. The van der Waals surface area contributed by atoms with E-state index in [4.69, 9.17) is 11.6 Å². The highest BCUT2D eigenvalue weighted by Crippen LogP contribution is 2.30. The predicted molar refractivity (Wildman–Crippen MR) is 142 cm³/mol. The minimum Gasteiger partial charge on any atom is -0.337 e. The van der Waals surface area contributed by atoms with Gasteiger partial charge in [-0.05, 0) is 50.5 Å². The van der Waals surface area contributed by atoms with Crippen molar-refractivity contribution in [2.45, 2.75) is 0 Å². The summed E-state index contributed by atoms with van der Waals surface area (Å²) in [4.78, 5) is 34.3. The standard InChI is InChI=1S/C24H24ClN9O2/c1-4-20(35)28-17-7-5-6-8-18(17)29-23-16(25)12-26-24(31-23)27-14-9-10-15-19(11-14)32-33-22(15)30-21(36)13-34(2)3/h4-12H,1,13H2,2-3H3,(H,28,35)(H2,26,27,29,31)(H2,30,32,33,36). The zero-order valence-corrected chi connectivity index (χ0v) is 20.3. The molecule has 2 amide bonds. The Morgan fingerprint density at radius 2 is 1.86 bits per heavy atom. The molecule has 11 nitrogen and oxygen atoms in total. The highest BCUT2D eigenvalue weighted by atomic mass is 35.5.